The van der Waals surface area contributed by atoms with Crippen LogP contribution in [-0.2, 0) is 0 Å². The molecule has 66 heavy (non-hydrogen) atoms. The summed E-state index contributed by atoms with van der Waals surface area (Å²) >= 11 is 1.81. The van der Waals surface area contributed by atoms with Crippen LogP contribution in [0.2, 0.25) is 0 Å². The molecule has 0 spiro atoms. The summed E-state index contributed by atoms with van der Waals surface area (Å²) < 4.78 is 4.86. The number of benzene rings is 11. The van der Waals surface area contributed by atoms with Gasteiger partial charge in [-0.05, 0) is 103 Å². The second-order valence-corrected chi connectivity index (χ2v) is 18.2. The number of aromatic nitrogens is 4. The lowest BCUT2D eigenvalue weighted by atomic mass is 9.99. The first kappa shape index (κ1) is 36.9. The molecule has 0 saturated carbocycles. The molecule has 0 atom stereocenters. The first-order valence-electron chi connectivity index (χ1n) is 22.3. The Morgan fingerprint density at radius 3 is 1.74 bits per heavy atom. The molecule has 306 valence electrons. The van der Waals surface area contributed by atoms with Crippen LogP contribution in [0.1, 0.15) is 0 Å². The number of fused-ring (bicyclic) bond motifs is 12. The molecule has 0 fully saturated rings. The van der Waals surface area contributed by atoms with E-state index in [2.05, 4.69) is 223 Å². The average molecular weight is 857 g/mol. The zero-order chi connectivity index (χ0) is 43.3. The fraction of sp³-hybridized carbons (Fsp3) is 0. The number of rotatable bonds is 5. The molecule has 11 aromatic carbocycles. The Labute approximate surface area is 383 Å². The van der Waals surface area contributed by atoms with E-state index in [0.29, 0.717) is 17.5 Å². The van der Waals surface area contributed by atoms with Gasteiger partial charge in [-0.3, -0.25) is 0 Å². The molecule has 3 heterocycles. The molecule has 3 aromatic heterocycles. The number of hydrogen-bond acceptors (Lipinski definition) is 4. The van der Waals surface area contributed by atoms with Crippen molar-refractivity contribution in [3.63, 3.8) is 0 Å². The third-order valence-corrected chi connectivity index (χ3v) is 14.5. The average Bonchev–Trinajstić information content (AvgIpc) is 3.93. The Balaban J connectivity index is 1.11. The maximum atomic E-state index is 5.59. The molecule has 0 radical (unpaired) electrons. The van der Waals surface area contributed by atoms with Crippen molar-refractivity contribution in [2.24, 2.45) is 0 Å². The summed E-state index contributed by atoms with van der Waals surface area (Å²) in [5.74, 6) is 1.87. The van der Waals surface area contributed by atoms with Crippen LogP contribution in [0.5, 0.6) is 0 Å². The van der Waals surface area contributed by atoms with Crippen molar-refractivity contribution < 1.29 is 0 Å². The molecule has 0 saturated heterocycles. The summed E-state index contributed by atoms with van der Waals surface area (Å²) in [5.41, 5.74) is 8.35. The lowest BCUT2D eigenvalue weighted by Crippen LogP contribution is -2.04. The largest absolute Gasteiger partial charge is 0.308 e. The quantitative estimate of drug-likeness (QED) is 0.162. The smallest absolute Gasteiger partial charge is 0.166 e. The summed E-state index contributed by atoms with van der Waals surface area (Å²) in [7, 11) is 0. The van der Waals surface area contributed by atoms with Gasteiger partial charge in [-0.1, -0.05) is 170 Å². The van der Waals surface area contributed by atoms with Gasteiger partial charge in [0, 0.05) is 42.1 Å². The first-order valence-corrected chi connectivity index (χ1v) is 23.2. The Hall–Kier alpha value is -8.51. The third kappa shape index (κ3) is 5.74. The van der Waals surface area contributed by atoms with Gasteiger partial charge < -0.3 is 4.57 Å². The summed E-state index contributed by atoms with van der Waals surface area (Å²) in [5, 5.41) is 14.4. The molecule has 5 heteroatoms. The van der Waals surface area contributed by atoms with Crippen LogP contribution in [-0.4, -0.2) is 19.5 Å². The normalized spacial score (nSPS) is 11.9. The zero-order valence-corrected chi connectivity index (χ0v) is 36.3. The number of thiophene rings is 1. The second kappa shape index (κ2) is 14.5. The van der Waals surface area contributed by atoms with Crippen LogP contribution in [0.3, 0.4) is 0 Å². The second-order valence-electron chi connectivity index (χ2n) is 17.1. The Kier molecular flexibility index (Phi) is 8.12. The Morgan fingerprint density at radius 1 is 0.303 bits per heavy atom. The molecule has 0 aliphatic heterocycles. The SMILES string of the molecule is c1ccc(-c2cccc(-c3nc(-c4ccc5c(ccc6ccccc65)c4)nc(-c4c(-n5c6cc7ccccc7cc6c6c7ccccc7ccc65)ccc5sc6ccccc6c45)n3)c2)cc1. The van der Waals surface area contributed by atoms with E-state index in [1.165, 1.54) is 63.3 Å². The van der Waals surface area contributed by atoms with E-state index < -0.39 is 0 Å². The van der Waals surface area contributed by atoms with E-state index >= 15 is 0 Å². The van der Waals surface area contributed by atoms with Crippen molar-refractivity contribution in [2.75, 3.05) is 0 Å². The van der Waals surface area contributed by atoms with Crippen LogP contribution in [0.4, 0.5) is 0 Å². The number of hydrogen-bond donors (Lipinski definition) is 0. The zero-order valence-electron chi connectivity index (χ0n) is 35.5. The van der Waals surface area contributed by atoms with Crippen molar-refractivity contribution in [1.82, 2.24) is 19.5 Å². The molecule has 14 aromatic rings. The maximum Gasteiger partial charge on any atom is 0.166 e. The van der Waals surface area contributed by atoms with Crippen LogP contribution >= 0.6 is 11.3 Å². The highest BCUT2D eigenvalue weighted by atomic mass is 32.1. The van der Waals surface area contributed by atoms with Gasteiger partial charge in [0.2, 0.25) is 0 Å². The molecule has 0 N–H and O–H groups in total. The van der Waals surface area contributed by atoms with Crippen molar-refractivity contribution in [1.29, 1.82) is 0 Å². The van der Waals surface area contributed by atoms with Gasteiger partial charge in [-0.25, -0.2) is 15.0 Å². The van der Waals surface area contributed by atoms with Gasteiger partial charge in [0.25, 0.3) is 0 Å². The monoisotopic (exact) mass is 856 g/mol. The maximum absolute atomic E-state index is 5.59. The van der Waals surface area contributed by atoms with E-state index in [1.807, 2.05) is 11.3 Å². The standard InChI is InChI=1S/C61H36N4S/c1-2-13-37(14-3-1)40-19-12-20-44(33-40)59-62-60(45-27-29-47-43(34-45)26-25-38-15-6-8-21-46(38)47)64-61(63-59)58-52(31-32-55-57(58)49-23-10-11-24-54(49)66-55)65-51-30-28-39-16-7-9-22-48(39)56(51)50-35-41-17-4-5-18-42(41)36-53(50)65/h1-36H. The fourth-order valence-corrected chi connectivity index (χ4v) is 11.4. The topological polar surface area (TPSA) is 43.6 Å². The molecule has 0 bridgehead atoms. The highest BCUT2D eigenvalue weighted by Gasteiger charge is 2.25. The molecule has 0 unspecified atom stereocenters. The van der Waals surface area contributed by atoms with Gasteiger partial charge >= 0.3 is 0 Å². The fourth-order valence-electron chi connectivity index (χ4n) is 10.3. The minimum Gasteiger partial charge on any atom is -0.308 e. The summed E-state index contributed by atoms with van der Waals surface area (Å²) in [6.45, 7) is 0. The van der Waals surface area contributed by atoms with Gasteiger partial charge in [0.1, 0.15) is 0 Å². The molecule has 0 aliphatic rings. The molecule has 14 rings (SSSR count). The van der Waals surface area contributed by atoms with Gasteiger partial charge in [-0.2, -0.15) is 0 Å². The lowest BCUT2D eigenvalue weighted by molar-refractivity contribution is 1.07. The minimum absolute atomic E-state index is 0.619. The van der Waals surface area contributed by atoms with E-state index in [1.54, 1.807) is 0 Å². The van der Waals surface area contributed by atoms with E-state index in [0.717, 1.165) is 55.3 Å². The van der Waals surface area contributed by atoms with Crippen LogP contribution < -0.4 is 0 Å². The van der Waals surface area contributed by atoms with E-state index in [9.17, 15) is 0 Å². The van der Waals surface area contributed by atoms with Crippen LogP contribution in [0, 0.1) is 0 Å². The molecule has 0 amide bonds. The lowest BCUT2D eigenvalue weighted by Gasteiger charge is -2.17. The summed E-state index contributed by atoms with van der Waals surface area (Å²) in [6, 6.07) is 78.7. The Morgan fingerprint density at radius 2 is 0.909 bits per heavy atom. The number of nitrogens with zero attached hydrogens (tertiary/aromatic N) is 4. The third-order valence-electron chi connectivity index (χ3n) is 13.4. The van der Waals surface area contributed by atoms with Gasteiger partial charge in [0.05, 0.1) is 22.3 Å². The molecular formula is C61H36N4S. The van der Waals surface area contributed by atoms with E-state index in [-0.39, 0.29) is 0 Å². The first-order chi connectivity index (χ1) is 32.7. The van der Waals surface area contributed by atoms with Gasteiger partial charge in [-0.15, -0.1) is 11.3 Å². The molecule has 0 aliphatic carbocycles. The van der Waals surface area contributed by atoms with Crippen LogP contribution in [0.25, 0.3) is 136 Å². The molecule has 4 nitrogen and oxygen atoms in total. The summed E-state index contributed by atoms with van der Waals surface area (Å²) in [4.78, 5) is 16.5. The van der Waals surface area contributed by atoms with E-state index in [4.69, 9.17) is 15.0 Å². The molecular weight excluding hydrogens is 821 g/mol. The highest BCUT2D eigenvalue weighted by molar-refractivity contribution is 7.26. The van der Waals surface area contributed by atoms with Crippen molar-refractivity contribution >= 4 is 96.4 Å². The van der Waals surface area contributed by atoms with Gasteiger partial charge in [0.15, 0.2) is 17.5 Å². The predicted octanol–water partition coefficient (Wildman–Crippen LogP) is 16.6. The minimum atomic E-state index is 0.619. The predicted molar refractivity (Wildman–Crippen MR) is 279 cm³/mol. The summed E-state index contributed by atoms with van der Waals surface area (Å²) in [6.07, 6.45) is 0. The van der Waals surface area contributed by atoms with Crippen molar-refractivity contribution in [3.8, 4) is 51.0 Å². The van der Waals surface area contributed by atoms with Crippen molar-refractivity contribution in [2.45, 2.75) is 0 Å². The highest BCUT2D eigenvalue weighted by Crippen LogP contribution is 2.46. The Bertz CT molecular complexity index is 4300. The van der Waals surface area contributed by atoms with Crippen molar-refractivity contribution in [3.05, 3.63) is 218 Å². The van der Waals surface area contributed by atoms with Crippen LogP contribution in [0.15, 0.2) is 218 Å².